The van der Waals surface area contributed by atoms with Crippen molar-refractivity contribution in [2.45, 2.75) is 96.3 Å². The third-order valence-corrected chi connectivity index (χ3v) is 6.91. The third-order valence-electron chi connectivity index (χ3n) is 5.79. The van der Waals surface area contributed by atoms with Gasteiger partial charge < -0.3 is 0 Å². The fourth-order valence-corrected chi connectivity index (χ4v) is 4.54. The van der Waals surface area contributed by atoms with Crippen LogP contribution in [0, 0.1) is 5.92 Å². The monoisotopic (exact) mass is 612 g/mol. The number of hydrogen-bond donors (Lipinski definition) is 1. The van der Waals surface area contributed by atoms with Crippen molar-refractivity contribution < 1.29 is 48.0 Å². The summed E-state index contributed by atoms with van der Waals surface area (Å²) in [5, 5.41) is 10.0. The molecule has 11 heteroatoms. The first-order valence-electron chi connectivity index (χ1n) is 13.4. The topological polar surface area (TPSA) is 135 Å². The van der Waals surface area contributed by atoms with Crippen molar-refractivity contribution >= 4 is 41.1 Å². The number of hydrogen-bond acceptors (Lipinski definition) is 9. The average Bonchev–Trinajstić information content (AvgIpc) is 2.85. The number of unbranched alkanes of at least 4 members (excludes halogenated alkanes) is 2. The number of ether oxygens (including phenoxy) is 5. The summed E-state index contributed by atoms with van der Waals surface area (Å²) in [5.74, 6) is -1.94. The first-order chi connectivity index (χ1) is 18.4. The predicted molar refractivity (Wildman–Crippen MR) is 144 cm³/mol. The molecular formula is C28H41AsO10. The Labute approximate surface area is 239 Å². The second-order valence-electron chi connectivity index (χ2n) is 9.54. The molecule has 0 saturated heterocycles. The summed E-state index contributed by atoms with van der Waals surface area (Å²) in [6.07, 6.45) is 1.92. The van der Waals surface area contributed by atoms with Gasteiger partial charge in [0.15, 0.2) is 0 Å². The maximum atomic E-state index is 12.3. The molecule has 2 radical (unpaired) electrons. The maximum absolute atomic E-state index is 12.3. The SMILES string of the molecule is CCCCOC(=O)Oc1ccc(C[C@]([As])(C[C@H](C)OC(=O)C(C)CCC)C(=O)O)cc1OC(=O)OCCCC. The van der Waals surface area contributed by atoms with Crippen LogP contribution in [0.1, 0.15) is 85.1 Å². The molecule has 0 aliphatic rings. The van der Waals surface area contributed by atoms with Crippen molar-refractivity contribution in [1.82, 2.24) is 0 Å². The normalized spacial score (nSPS) is 13.9. The molecule has 39 heavy (non-hydrogen) atoms. The predicted octanol–water partition coefficient (Wildman–Crippen LogP) is 6.03. The molecule has 1 rings (SSSR count). The number of carbonyl (C=O) groups excluding carboxylic acids is 3. The van der Waals surface area contributed by atoms with E-state index in [-0.39, 0.29) is 49.4 Å². The molecule has 0 heterocycles. The van der Waals surface area contributed by atoms with E-state index in [0.717, 1.165) is 19.3 Å². The molecule has 0 aromatic heterocycles. The summed E-state index contributed by atoms with van der Waals surface area (Å²) in [4.78, 5) is 48.9. The van der Waals surface area contributed by atoms with Crippen LogP contribution in [0.25, 0.3) is 0 Å². The van der Waals surface area contributed by atoms with Gasteiger partial charge in [-0.15, -0.1) is 0 Å². The molecule has 0 spiro atoms. The molecule has 10 nitrogen and oxygen atoms in total. The van der Waals surface area contributed by atoms with E-state index >= 15 is 0 Å². The van der Waals surface area contributed by atoms with Gasteiger partial charge in [-0.25, -0.2) is 0 Å². The first kappa shape index (κ1) is 34.3. The van der Waals surface area contributed by atoms with Gasteiger partial charge in [0.2, 0.25) is 0 Å². The first-order valence-corrected chi connectivity index (χ1v) is 14.4. The molecule has 3 atom stereocenters. The van der Waals surface area contributed by atoms with Crippen LogP contribution in [0.15, 0.2) is 18.2 Å². The second kappa shape index (κ2) is 17.8. The zero-order valence-electron chi connectivity index (χ0n) is 23.5. The summed E-state index contributed by atoms with van der Waals surface area (Å²) in [7, 11) is 0. The summed E-state index contributed by atoms with van der Waals surface area (Å²) < 4.78 is 24.7. The molecule has 1 aromatic rings. The van der Waals surface area contributed by atoms with Gasteiger partial charge in [-0.2, -0.15) is 0 Å². The Morgan fingerprint density at radius 1 is 0.897 bits per heavy atom. The summed E-state index contributed by atoms with van der Waals surface area (Å²) in [6, 6.07) is 4.38. The Balaban J connectivity index is 3.12. The van der Waals surface area contributed by atoms with Gasteiger partial charge in [0.1, 0.15) is 0 Å². The minimum atomic E-state index is -1.37. The Morgan fingerprint density at radius 3 is 1.97 bits per heavy atom. The van der Waals surface area contributed by atoms with Gasteiger partial charge in [0.25, 0.3) is 0 Å². The number of benzene rings is 1. The number of aliphatic carboxylic acids is 1. The van der Waals surface area contributed by atoms with Crippen LogP contribution in [-0.2, 0) is 30.2 Å². The van der Waals surface area contributed by atoms with Crippen molar-refractivity contribution in [3.8, 4) is 11.5 Å². The summed E-state index contributed by atoms with van der Waals surface area (Å²) in [6.45, 7) is 9.64. The van der Waals surface area contributed by atoms with Gasteiger partial charge >= 0.3 is 233 Å². The van der Waals surface area contributed by atoms with E-state index < -0.39 is 28.6 Å². The van der Waals surface area contributed by atoms with Gasteiger partial charge in [-0.1, -0.05) is 6.92 Å². The van der Waals surface area contributed by atoms with Crippen LogP contribution in [-0.4, -0.2) is 65.5 Å². The standard InChI is InChI=1S/C28H41AsO10/c1-6-9-14-35-26(33)38-22-13-12-21(16-23(22)39-27(34)36-15-10-7-2)18-28(29,25(31)32)17-20(5)37-24(30)19(4)11-8-3/h12-13,16,19-20H,6-11,14-15,17-18H2,1-5H3,(H,31,32)/t19?,20-,28+/m0/s1. The van der Waals surface area contributed by atoms with Gasteiger partial charge in [-0.05, 0) is 0 Å². The molecule has 0 saturated carbocycles. The van der Waals surface area contributed by atoms with Crippen molar-refractivity contribution in [1.29, 1.82) is 0 Å². The number of carboxylic acids is 1. The van der Waals surface area contributed by atoms with E-state index in [1.165, 1.54) is 12.1 Å². The molecule has 218 valence electrons. The zero-order valence-corrected chi connectivity index (χ0v) is 25.4. The molecule has 0 aliphatic carbocycles. The van der Waals surface area contributed by atoms with Crippen LogP contribution >= 0.6 is 0 Å². The van der Waals surface area contributed by atoms with Crippen molar-refractivity contribution in [3.63, 3.8) is 0 Å². The molecule has 0 bridgehead atoms. The molecule has 1 unspecified atom stereocenters. The quantitative estimate of drug-likeness (QED) is 0.0731. The summed E-state index contributed by atoms with van der Waals surface area (Å²) >= 11 is 2.15. The average molecular weight is 613 g/mol. The molecule has 1 N–H and O–H groups in total. The molecule has 0 aliphatic heterocycles. The Kier molecular flexibility index (Phi) is 15.6. The Bertz CT molecular complexity index is 950. The third kappa shape index (κ3) is 12.8. The van der Waals surface area contributed by atoms with Crippen molar-refractivity contribution in [3.05, 3.63) is 23.8 Å². The molecular weight excluding hydrogens is 571 g/mol. The molecule has 0 fully saturated rings. The molecule has 1 aromatic carbocycles. The Hall–Kier alpha value is -2.74. The minimum absolute atomic E-state index is 0.00277. The van der Waals surface area contributed by atoms with Gasteiger partial charge in [-0.3, -0.25) is 0 Å². The number of carbonyl (C=O) groups is 4. The fourth-order valence-electron chi connectivity index (χ4n) is 3.62. The van der Waals surface area contributed by atoms with E-state index in [0.29, 0.717) is 24.8 Å². The number of esters is 1. The Morgan fingerprint density at radius 2 is 1.46 bits per heavy atom. The van der Waals surface area contributed by atoms with Crippen LogP contribution in [0.2, 0.25) is 4.20 Å². The van der Waals surface area contributed by atoms with E-state index in [4.69, 9.17) is 23.7 Å². The second-order valence-corrected chi connectivity index (χ2v) is 11.3. The van der Waals surface area contributed by atoms with Crippen LogP contribution < -0.4 is 9.47 Å². The fraction of sp³-hybridized carbons (Fsp3) is 0.643. The van der Waals surface area contributed by atoms with Gasteiger partial charge in [0.05, 0.1) is 0 Å². The van der Waals surface area contributed by atoms with Crippen LogP contribution in [0.5, 0.6) is 11.5 Å². The van der Waals surface area contributed by atoms with Crippen LogP contribution in [0.4, 0.5) is 9.59 Å². The van der Waals surface area contributed by atoms with E-state index in [1.807, 2.05) is 20.8 Å². The number of rotatable bonds is 17. The van der Waals surface area contributed by atoms with E-state index in [9.17, 15) is 24.3 Å². The summed E-state index contributed by atoms with van der Waals surface area (Å²) in [5.41, 5.74) is 0.485. The number of carboxylic acid groups (broad SMARTS) is 1. The zero-order chi connectivity index (χ0) is 29.4. The van der Waals surface area contributed by atoms with E-state index in [2.05, 4.69) is 16.9 Å². The molecule has 0 amide bonds. The van der Waals surface area contributed by atoms with E-state index in [1.54, 1.807) is 19.9 Å². The van der Waals surface area contributed by atoms with Crippen molar-refractivity contribution in [2.75, 3.05) is 13.2 Å². The van der Waals surface area contributed by atoms with Crippen molar-refractivity contribution in [2.24, 2.45) is 5.92 Å². The van der Waals surface area contributed by atoms with Crippen LogP contribution in [0.3, 0.4) is 0 Å². The van der Waals surface area contributed by atoms with Gasteiger partial charge in [0, 0.05) is 0 Å².